The van der Waals surface area contributed by atoms with Gasteiger partial charge in [0, 0.05) is 32.1 Å². The average molecular weight is 510 g/mol. The van der Waals surface area contributed by atoms with Gasteiger partial charge in [0.25, 0.3) is 0 Å². The van der Waals surface area contributed by atoms with Crippen LogP contribution in [-0.4, -0.2) is 54.4 Å². The molecule has 0 bridgehead atoms. The highest BCUT2D eigenvalue weighted by Crippen LogP contribution is 2.53. The van der Waals surface area contributed by atoms with Gasteiger partial charge in [0.15, 0.2) is 12.2 Å². The molecule has 1 saturated heterocycles. The summed E-state index contributed by atoms with van der Waals surface area (Å²) in [6, 6.07) is 2.31. The third-order valence-electron chi connectivity index (χ3n) is 6.95. The lowest BCUT2D eigenvalue weighted by molar-refractivity contribution is -0.299. The molecule has 1 saturated carbocycles. The molecule has 1 heterocycles. The second-order valence-electron chi connectivity index (χ2n) is 10.1. The van der Waals surface area contributed by atoms with Crippen LogP contribution in [0.2, 0.25) is 0 Å². The van der Waals surface area contributed by atoms with Gasteiger partial charge in [-0.3, -0.25) is 14.4 Å². The lowest BCUT2D eigenvalue weighted by Gasteiger charge is -2.47. The third-order valence-corrected chi connectivity index (χ3v) is 6.95. The Morgan fingerprint density at radius 3 is 2.00 bits per heavy atom. The third kappa shape index (κ3) is 6.81. The monoisotopic (exact) mass is 509 g/mol. The SMILES string of the molecule is CC(=O)OC(C)C(=O)O[C@@H]1C[C@]2(C)C(C(=O)C[C@H](C(C)C)C[C@H]2C#N)[C@@H](OC(=O)C(C)OC(C)=O)O1. The van der Waals surface area contributed by atoms with E-state index in [1.54, 1.807) is 6.92 Å². The fourth-order valence-electron chi connectivity index (χ4n) is 4.90. The molecule has 36 heavy (non-hydrogen) atoms. The number of ketones is 1. The molecule has 3 unspecified atom stereocenters. The molecule has 1 aliphatic carbocycles. The fourth-order valence-corrected chi connectivity index (χ4v) is 4.90. The smallest absolute Gasteiger partial charge is 0.349 e. The van der Waals surface area contributed by atoms with Crippen molar-refractivity contribution in [1.82, 2.24) is 0 Å². The van der Waals surface area contributed by atoms with Crippen molar-refractivity contribution in [2.75, 3.05) is 0 Å². The van der Waals surface area contributed by atoms with Crippen LogP contribution in [0.5, 0.6) is 0 Å². The summed E-state index contributed by atoms with van der Waals surface area (Å²) in [6.45, 7) is 10.6. The largest absolute Gasteiger partial charge is 0.451 e. The van der Waals surface area contributed by atoms with Crippen LogP contribution in [0.1, 0.15) is 67.7 Å². The number of hydrogen-bond donors (Lipinski definition) is 0. The topological polar surface area (TPSA) is 155 Å². The van der Waals surface area contributed by atoms with E-state index in [2.05, 4.69) is 6.07 Å². The Bertz CT molecular complexity index is 924. The molecule has 0 radical (unpaired) electrons. The molecular formula is C25H35NO10. The zero-order valence-corrected chi connectivity index (χ0v) is 21.8. The van der Waals surface area contributed by atoms with Crippen LogP contribution in [0.25, 0.3) is 0 Å². The highest BCUT2D eigenvalue weighted by atomic mass is 16.8. The summed E-state index contributed by atoms with van der Waals surface area (Å²) in [5.74, 6) is -5.07. The fraction of sp³-hybridized carbons (Fsp3) is 0.760. The van der Waals surface area contributed by atoms with Crippen molar-refractivity contribution in [3.05, 3.63) is 0 Å². The number of ether oxygens (including phenoxy) is 5. The van der Waals surface area contributed by atoms with Crippen LogP contribution in [0.15, 0.2) is 0 Å². The summed E-state index contributed by atoms with van der Waals surface area (Å²) in [5, 5.41) is 10.1. The maximum absolute atomic E-state index is 13.5. The van der Waals surface area contributed by atoms with E-state index in [-0.39, 0.29) is 30.5 Å². The van der Waals surface area contributed by atoms with Gasteiger partial charge in [-0.25, -0.2) is 9.59 Å². The molecule has 0 amide bonds. The Balaban J connectivity index is 2.43. The molecule has 1 aliphatic heterocycles. The first kappa shape index (κ1) is 29.2. The summed E-state index contributed by atoms with van der Waals surface area (Å²) >= 11 is 0. The lowest BCUT2D eigenvalue weighted by Crippen LogP contribution is -2.55. The van der Waals surface area contributed by atoms with E-state index in [0.717, 1.165) is 13.8 Å². The van der Waals surface area contributed by atoms with Crippen molar-refractivity contribution >= 4 is 29.7 Å². The van der Waals surface area contributed by atoms with Crippen molar-refractivity contribution < 1.29 is 47.7 Å². The van der Waals surface area contributed by atoms with E-state index in [4.69, 9.17) is 23.7 Å². The molecule has 0 spiro atoms. The van der Waals surface area contributed by atoms with Gasteiger partial charge in [0.1, 0.15) is 5.78 Å². The maximum atomic E-state index is 13.5. The Labute approximate surface area is 210 Å². The predicted molar refractivity (Wildman–Crippen MR) is 121 cm³/mol. The standard InChI is InChI=1S/C25H35NO10/c1-12(2)17-8-18(11-26)25(7)10-20(34-22(30)13(3)32-15(5)27)35-24(21(25)19(29)9-17)36-23(31)14(4)33-16(6)28/h12-14,17-18,20-21,24H,8-10H2,1-7H3/t13?,14?,17-,18+,20+,21?,24-,25+/m1/s1. The van der Waals surface area contributed by atoms with Crippen LogP contribution >= 0.6 is 0 Å². The Hall–Kier alpha value is -3.00. The molecule has 2 rings (SSSR count). The van der Waals surface area contributed by atoms with Gasteiger partial charge < -0.3 is 23.7 Å². The number of Topliss-reactive ketones (excluding diaryl/α,β-unsaturated/α-hetero) is 1. The minimum absolute atomic E-state index is 0.0153. The number of hydrogen-bond acceptors (Lipinski definition) is 11. The van der Waals surface area contributed by atoms with Crippen molar-refractivity contribution in [3.8, 4) is 6.07 Å². The number of fused-ring (bicyclic) bond motifs is 1. The quantitative estimate of drug-likeness (QED) is 0.367. The van der Waals surface area contributed by atoms with Gasteiger partial charge in [0.2, 0.25) is 12.6 Å². The van der Waals surface area contributed by atoms with Gasteiger partial charge in [0.05, 0.1) is 17.9 Å². The Kier molecular flexibility index (Phi) is 9.60. The minimum Gasteiger partial charge on any atom is -0.451 e. The number of esters is 4. The second-order valence-corrected chi connectivity index (χ2v) is 10.1. The summed E-state index contributed by atoms with van der Waals surface area (Å²) in [6.07, 6.45) is -4.71. The van der Waals surface area contributed by atoms with E-state index in [1.807, 2.05) is 13.8 Å². The highest BCUT2D eigenvalue weighted by Gasteiger charge is 2.58. The van der Waals surface area contributed by atoms with Crippen molar-refractivity contribution in [2.24, 2.45) is 29.1 Å². The number of nitrogens with zero attached hydrogens (tertiary/aromatic N) is 1. The van der Waals surface area contributed by atoms with Gasteiger partial charge >= 0.3 is 23.9 Å². The minimum atomic E-state index is -1.50. The van der Waals surface area contributed by atoms with Crippen LogP contribution in [-0.2, 0) is 47.7 Å². The number of carbonyl (C=O) groups is 5. The normalized spacial score (nSPS) is 31.6. The highest BCUT2D eigenvalue weighted by molar-refractivity contribution is 5.84. The van der Waals surface area contributed by atoms with Crippen LogP contribution < -0.4 is 0 Å². The van der Waals surface area contributed by atoms with E-state index >= 15 is 0 Å². The first-order valence-corrected chi connectivity index (χ1v) is 12.0. The summed E-state index contributed by atoms with van der Waals surface area (Å²) in [5.41, 5.74) is -1.07. The second kappa shape index (κ2) is 11.8. The number of rotatable bonds is 7. The molecule has 11 nitrogen and oxygen atoms in total. The summed E-state index contributed by atoms with van der Waals surface area (Å²) in [4.78, 5) is 61.2. The van der Waals surface area contributed by atoms with Crippen LogP contribution in [0, 0.1) is 40.4 Å². The molecular weight excluding hydrogens is 474 g/mol. The Morgan fingerprint density at radius 1 is 1.00 bits per heavy atom. The van der Waals surface area contributed by atoms with Crippen molar-refractivity contribution in [3.63, 3.8) is 0 Å². The van der Waals surface area contributed by atoms with Gasteiger partial charge in [-0.2, -0.15) is 5.26 Å². The molecule has 2 fully saturated rings. The van der Waals surface area contributed by atoms with Crippen LogP contribution in [0.3, 0.4) is 0 Å². The lowest BCUT2D eigenvalue weighted by atomic mass is 9.63. The summed E-state index contributed by atoms with van der Waals surface area (Å²) in [7, 11) is 0. The first-order chi connectivity index (χ1) is 16.7. The molecule has 0 aromatic carbocycles. The van der Waals surface area contributed by atoms with Crippen LogP contribution in [0.4, 0.5) is 0 Å². The summed E-state index contributed by atoms with van der Waals surface area (Å²) < 4.78 is 26.4. The first-order valence-electron chi connectivity index (χ1n) is 12.0. The molecule has 8 atom stereocenters. The molecule has 0 N–H and O–H groups in total. The van der Waals surface area contributed by atoms with E-state index < -0.39 is 65.9 Å². The predicted octanol–water partition coefficient (Wildman–Crippen LogP) is 2.45. The van der Waals surface area contributed by atoms with Crippen molar-refractivity contribution in [1.29, 1.82) is 5.26 Å². The van der Waals surface area contributed by atoms with Gasteiger partial charge in [-0.1, -0.05) is 20.8 Å². The molecule has 0 aromatic heterocycles. The van der Waals surface area contributed by atoms with Gasteiger partial charge in [-0.15, -0.1) is 0 Å². The molecule has 200 valence electrons. The number of nitriles is 1. The zero-order valence-electron chi connectivity index (χ0n) is 21.8. The molecule has 2 aliphatic rings. The van der Waals surface area contributed by atoms with Crippen molar-refractivity contribution in [2.45, 2.75) is 92.5 Å². The van der Waals surface area contributed by atoms with E-state index in [9.17, 15) is 29.2 Å². The molecule has 0 aromatic rings. The Morgan fingerprint density at radius 2 is 1.53 bits per heavy atom. The van der Waals surface area contributed by atoms with Gasteiger partial charge in [-0.05, 0) is 32.1 Å². The van der Waals surface area contributed by atoms with E-state index in [1.165, 1.54) is 13.8 Å². The molecule has 11 heteroatoms. The maximum Gasteiger partial charge on any atom is 0.349 e. The van der Waals surface area contributed by atoms with E-state index in [0.29, 0.717) is 6.42 Å². The zero-order chi connectivity index (χ0) is 27.4. The average Bonchev–Trinajstić information content (AvgIpc) is 2.85. The number of carbonyl (C=O) groups excluding carboxylic acids is 5.